The Morgan fingerprint density at radius 2 is 2.24 bits per heavy atom. The summed E-state index contributed by atoms with van der Waals surface area (Å²) < 4.78 is 26.3. The van der Waals surface area contributed by atoms with Gasteiger partial charge in [-0.05, 0) is 30.4 Å². The van der Waals surface area contributed by atoms with E-state index in [2.05, 4.69) is 9.71 Å². The highest BCUT2D eigenvalue weighted by atomic mass is 32.2. The fourth-order valence-corrected chi connectivity index (χ4v) is 2.49. The van der Waals surface area contributed by atoms with Crippen molar-refractivity contribution in [3.8, 4) is 6.07 Å². The van der Waals surface area contributed by atoms with E-state index in [1.807, 2.05) is 13.0 Å². The van der Waals surface area contributed by atoms with E-state index in [4.69, 9.17) is 5.26 Å². The first-order valence-corrected chi connectivity index (χ1v) is 6.79. The van der Waals surface area contributed by atoms with Crippen LogP contribution in [0.15, 0.2) is 23.2 Å². The minimum atomic E-state index is -3.50. The molecule has 0 aromatic carbocycles. The summed E-state index contributed by atoms with van der Waals surface area (Å²) in [5.41, 5.74) is 0.325. The molecule has 17 heavy (non-hydrogen) atoms. The highest BCUT2D eigenvalue weighted by Crippen LogP contribution is 2.44. The predicted molar refractivity (Wildman–Crippen MR) is 61.5 cm³/mol. The summed E-state index contributed by atoms with van der Waals surface area (Å²) >= 11 is 0. The van der Waals surface area contributed by atoms with Crippen molar-refractivity contribution in [3.63, 3.8) is 0 Å². The number of aromatic nitrogens is 1. The van der Waals surface area contributed by atoms with Crippen molar-refractivity contribution < 1.29 is 8.42 Å². The Morgan fingerprint density at radius 1 is 1.53 bits per heavy atom. The molecule has 1 aromatic heterocycles. The third-order valence-electron chi connectivity index (χ3n) is 2.95. The van der Waals surface area contributed by atoms with Crippen molar-refractivity contribution in [2.45, 2.75) is 24.7 Å². The summed E-state index contributed by atoms with van der Waals surface area (Å²) in [5.74, 6) is 0. The Balaban J connectivity index is 2.11. The lowest BCUT2D eigenvalue weighted by atomic mass is 10.2. The lowest BCUT2D eigenvalue weighted by Crippen LogP contribution is -2.29. The van der Waals surface area contributed by atoms with E-state index in [1.54, 1.807) is 0 Å². The molecule has 0 aliphatic heterocycles. The molecule has 90 valence electrons. The average Bonchev–Trinajstić information content (AvgIpc) is 3.06. The number of hydrogen-bond donors (Lipinski definition) is 1. The van der Waals surface area contributed by atoms with Gasteiger partial charge in [-0.15, -0.1) is 0 Å². The van der Waals surface area contributed by atoms with Crippen LogP contribution >= 0.6 is 0 Å². The number of sulfonamides is 1. The molecule has 0 radical (unpaired) electrons. The van der Waals surface area contributed by atoms with E-state index in [0.717, 1.165) is 12.8 Å². The van der Waals surface area contributed by atoms with Gasteiger partial charge in [-0.3, -0.25) is 0 Å². The molecule has 0 atom stereocenters. The molecule has 0 bridgehead atoms. The maximum absolute atomic E-state index is 11.9. The molecule has 1 heterocycles. The van der Waals surface area contributed by atoms with Gasteiger partial charge in [-0.2, -0.15) is 5.26 Å². The molecule has 0 amide bonds. The minimum absolute atomic E-state index is 0.0979. The number of hydrogen-bond acceptors (Lipinski definition) is 4. The highest BCUT2D eigenvalue weighted by Gasteiger charge is 2.38. The molecule has 1 aliphatic rings. The summed E-state index contributed by atoms with van der Waals surface area (Å²) in [6.07, 6.45) is 3.32. The molecule has 2 rings (SSSR count). The first kappa shape index (κ1) is 12.0. The summed E-state index contributed by atoms with van der Waals surface area (Å²) in [6, 6.07) is 4.63. The monoisotopic (exact) mass is 251 g/mol. The van der Waals surface area contributed by atoms with Crippen molar-refractivity contribution in [2.75, 3.05) is 6.54 Å². The number of nitrogens with zero attached hydrogens (tertiary/aromatic N) is 2. The molecule has 1 aliphatic carbocycles. The van der Waals surface area contributed by atoms with Crippen LogP contribution < -0.4 is 4.72 Å². The highest BCUT2D eigenvalue weighted by molar-refractivity contribution is 7.89. The largest absolute Gasteiger partial charge is 0.244 e. The lowest BCUT2D eigenvalue weighted by Gasteiger charge is -2.10. The van der Waals surface area contributed by atoms with Gasteiger partial charge < -0.3 is 0 Å². The van der Waals surface area contributed by atoms with Crippen LogP contribution in [-0.4, -0.2) is 19.9 Å². The van der Waals surface area contributed by atoms with E-state index in [1.165, 1.54) is 18.3 Å². The van der Waals surface area contributed by atoms with E-state index in [-0.39, 0.29) is 16.0 Å². The zero-order valence-corrected chi connectivity index (χ0v) is 10.3. The molecule has 6 heteroatoms. The smallest absolute Gasteiger partial charge is 0.242 e. The quantitative estimate of drug-likeness (QED) is 0.866. The Morgan fingerprint density at radius 3 is 2.71 bits per heavy atom. The Bertz CT molecular complexity index is 553. The second-order valence-electron chi connectivity index (χ2n) is 4.63. The summed E-state index contributed by atoms with van der Waals surface area (Å²) in [4.78, 5) is 3.84. The van der Waals surface area contributed by atoms with Gasteiger partial charge >= 0.3 is 0 Å². The van der Waals surface area contributed by atoms with Crippen LogP contribution in [0.1, 0.15) is 25.5 Å². The molecular formula is C11H13N3O2S. The van der Waals surface area contributed by atoms with Crippen molar-refractivity contribution in [1.29, 1.82) is 5.26 Å². The van der Waals surface area contributed by atoms with Gasteiger partial charge in [0.2, 0.25) is 10.0 Å². The first-order chi connectivity index (χ1) is 7.95. The van der Waals surface area contributed by atoms with Gasteiger partial charge in [0.25, 0.3) is 0 Å². The summed E-state index contributed by atoms with van der Waals surface area (Å²) in [5, 5.41) is 8.57. The SMILES string of the molecule is CC1(CNS(=O)(=O)c2ccc(C#N)nc2)CC1. The van der Waals surface area contributed by atoms with Crippen LogP contribution in [-0.2, 0) is 10.0 Å². The Kier molecular flexibility index (Phi) is 2.89. The van der Waals surface area contributed by atoms with Gasteiger partial charge in [0.1, 0.15) is 16.7 Å². The van der Waals surface area contributed by atoms with Crippen LogP contribution in [0, 0.1) is 16.7 Å². The summed E-state index contributed by atoms with van der Waals surface area (Å²) in [7, 11) is -3.50. The predicted octanol–water partition coefficient (Wildman–Crippen LogP) is 1.03. The van der Waals surface area contributed by atoms with Crippen molar-refractivity contribution in [1.82, 2.24) is 9.71 Å². The van der Waals surface area contributed by atoms with Crippen LogP contribution in [0.2, 0.25) is 0 Å². The Labute approximate surface area is 101 Å². The Hall–Kier alpha value is -1.45. The van der Waals surface area contributed by atoms with E-state index in [0.29, 0.717) is 6.54 Å². The lowest BCUT2D eigenvalue weighted by molar-refractivity contribution is 0.530. The molecule has 1 N–H and O–H groups in total. The van der Waals surface area contributed by atoms with Crippen LogP contribution in [0.25, 0.3) is 0 Å². The molecule has 5 nitrogen and oxygen atoms in total. The number of nitriles is 1. The number of pyridine rings is 1. The van der Waals surface area contributed by atoms with Crippen molar-refractivity contribution >= 4 is 10.0 Å². The standard InChI is InChI=1S/C11H13N3O2S/c1-11(4-5-11)8-14-17(15,16)10-3-2-9(6-12)13-7-10/h2-3,7,14H,4-5,8H2,1H3. The number of rotatable bonds is 4. The minimum Gasteiger partial charge on any atom is -0.244 e. The third kappa shape index (κ3) is 2.81. The van der Waals surface area contributed by atoms with Gasteiger partial charge in [-0.1, -0.05) is 6.92 Å². The summed E-state index contributed by atoms with van der Waals surface area (Å²) in [6.45, 7) is 2.50. The van der Waals surface area contributed by atoms with Gasteiger partial charge in [0, 0.05) is 12.7 Å². The van der Waals surface area contributed by atoms with E-state index >= 15 is 0 Å². The molecule has 0 saturated heterocycles. The second-order valence-corrected chi connectivity index (χ2v) is 6.39. The second kappa shape index (κ2) is 4.09. The maximum Gasteiger partial charge on any atom is 0.242 e. The third-order valence-corrected chi connectivity index (χ3v) is 4.34. The van der Waals surface area contributed by atoms with Crippen LogP contribution in [0.3, 0.4) is 0 Å². The zero-order chi connectivity index (χ0) is 12.5. The normalized spacial score (nSPS) is 17.4. The number of nitrogens with one attached hydrogen (secondary N) is 1. The molecule has 1 saturated carbocycles. The topological polar surface area (TPSA) is 82.9 Å². The molecule has 0 spiro atoms. The average molecular weight is 251 g/mol. The van der Waals surface area contributed by atoms with Crippen LogP contribution in [0.5, 0.6) is 0 Å². The molecular weight excluding hydrogens is 238 g/mol. The van der Waals surface area contributed by atoms with Gasteiger partial charge in [0.15, 0.2) is 0 Å². The molecule has 1 fully saturated rings. The van der Waals surface area contributed by atoms with Crippen molar-refractivity contribution in [3.05, 3.63) is 24.0 Å². The maximum atomic E-state index is 11.9. The zero-order valence-electron chi connectivity index (χ0n) is 9.47. The molecule has 1 aromatic rings. The van der Waals surface area contributed by atoms with Gasteiger partial charge in [-0.25, -0.2) is 18.1 Å². The van der Waals surface area contributed by atoms with Crippen LogP contribution in [0.4, 0.5) is 0 Å². The fraction of sp³-hybridized carbons (Fsp3) is 0.455. The van der Waals surface area contributed by atoms with E-state index in [9.17, 15) is 8.42 Å². The van der Waals surface area contributed by atoms with Crippen molar-refractivity contribution in [2.24, 2.45) is 5.41 Å². The van der Waals surface area contributed by atoms with Gasteiger partial charge in [0.05, 0.1) is 0 Å². The van der Waals surface area contributed by atoms with E-state index < -0.39 is 10.0 Å². The first-order valence-electron chi connectivity index (χ1n) is 5.31. The molecule has 0 unspecified atom stereocenters. The fourth-order valence-electron chi connectivity index (χ4n) is 1.35.